The fraction of sp³-hybridized carbons (Fsp3) is 0.133. The topological polar surface area (TPSA) is 50.7 Å². The van der Waals surface area contributed by atoms with Gasteiger partial charge in [0, 0.05) is 36.0 Å². The molecule has 1 N–H and O–H groups in total. The number of hydrogen-bond donors (Lipinski definition) is 1. The first kappa shape index (κ1) is 11.6. The molecule has 94 valence electrons. The Morgan fingerprint density at radius 3 is 2.89 bits per heavy atom. The molecule has 4 nitrogen and oxygen atoms in total. The molecule has 0 bridgehead atoms. The maximum atomic E-state index is 4.35. The van der Waals surface area contributed by atoms with Crippen LogP contribution >= 0.6 is 0 Å². The molecule has 0 aliphatic carbocycles. The summed E-state index contributed by atoms with van der Waals surface area (Å²) in [4.78, 5) is 12.8. The van der Waals surface area contributed by atoms with Gasteiger partial charge in [0.25, 0.3) is 0 Å². The van der Waals surface area contributed by atoms with Gasteiger partial charge in [-0.05, 0) is 12.3 Å². The van der Waals surface area contributed by atoms with Gasteiger partial charge in [0.05, 0.1) is 5.69 Å². The number of benzene rings is 1. The summed E-state index contributed by atoms with van der Waals surface area (Å²) < 4.78 is 0. The summed E-state index contributed by atoms with van der Waals surface area (Å²) in [5.74, 6) is 0.834. The van der Waals surface area contributed by atoms with Crippen molar-refractivity contribution in [3.05, 3.63) is 49.1 Å². The molecule has 1 aromatic carbocycles. The largest absolute Gasteiger partial charge is 0.370 e. The van der Waals surface area contributed by atoms with E-state index in [0.29, 0.717) is 0 Å². The highest BCUT2D eigenvalue weighted by Gasteiger charge is 2.06. The maximum absolute atomic E-state index is 4.35. The van der Waals surface area contributed by atoms with Crippen molar-refractivity contribution in [2.75, 3.05) is 11.9 Å². The van der Waals surface area contributed by atoms with E-state index in [1.165, 1.54) is 0 Å². The number of anilines is 1. The van der Waals surface area contributed by atoms with E-state index in [2.05, 4.69) is 32.4 Å². The highest BCUT2D eigenvalue weighted by atomic mass is 15.0. The molecule has 0 unspecified atom stereocenters. The molecular formula is C15H14N4. The second-order valence-corrected chi connectivity index (χ2v) is 4.23. The predicted octanol–water partition coefficient (Wildman–Crippen LogP) is 3.12. The molecule has 0 fully saturated rings. The van der Waals surface area contributed by atoms with Gasteiger partial charge in [-0.2, -0.15) is 0 Å². The van der Waals surface area contributed by atoms with E-state index in [9.17, 15) is 0 Å². The SMILES string of the molecule is CCNc1cc(-c2cncc3ccccc23)ncn1. The molecule has 0 spiro atoms. The highest BCUT2D eigenvalue weighted by molar-refractivity contribution is 5.94. The van der Waals surface area contributed by atoms with Crippen LogP contribution in [0, 0.1) is 0 Å². The molecule has 2 aromatic heterocycles. The lowest BCUT2D eigenvalue weighted by Gasteiger charge is -2.07. The minimum absolute atomic E-state index is 0.834. The molecule has 0 saturated heterocycles. The Labute approximate surface area is 111 Å². The lowest BCUT2D eigenvalue weighted by atomic mass is 10.1. The molecule has 4 heteroatoms. The second-order valence-electron chi connectivity index (χ2n) is 4.23. The van der Waals surface area contributed by atoms with Crippen LogP contribution < -0.4 is 5.32 Å². The Balaban J connectivity index is 2.16. The lowest BCUT2D eigenvalue weighted by molar-refractivity contribution is 1.11. The molecular weight excluding hydrogens is 236 g/mol. The molecule has 0 atom stereocenters. The molecule has 0 aliphatic heterocycles. The first-order valence-corrected chi connectivity index (χ1v) is 6.27. The summed E-state index contributed by atoms with van der Waals surface area (Å²) in [5, 5.41) is 5.46. The Kier molecular flexibility index (Phi) is 3.06. The van der Waals surface area contributed by atoms with E-state index in [0.717, 1.165) is 34.4 Å². The van der Waals surface area contributed by atoms with Gasteiger partial charge in [0.2, 0.25) is 0 Å². The Bertz CT molecular complexity index is 704. The van der Waals surface area contributed by atoms with E-state index in [1.54, 1.807) is 6.33 Å². The van der Waals surface area contributed by atoms with Gasteiger partial charge in [-0.1, -0.05) is 24.3 Å². The Morgan fingerprint density at radius 1 is 1.11 bits per heavy atom. The van der Waals surface area contributed by atoms with Crippen molar-refractivity contribution in [2.24, 2.45) is 0 Å². The molecule has 3 rings (SSSR count). The van der Waals surface area contributed by atoms with E-state index in [-0.39, 0.29) is 0 Å². The van der Waals surface area contributed by atoms with Crippen LogP contribution in [0.15, 0.2) is 49.1 Å². The van der Waals surface area contributed by atoms with Crippen molar-refractivity contribution >= 4 is 16.6 Å². The number of fused-ring (bicyclic) bond motifs is 1. The zero-order valence-electron chi connectivity index (χ0n) is 10.7. The van der Waals surface area contributed by atoms with Crippen LogP contribution in [0.25, 0.3) is 22.0 Å². The third-order valence-electron chi connectivity index (χ3n) is 2.97. The van der Waals surface area contributed by atoms with Crippen molar-refractivity contribution in [3.63, 3.8) is 0 Å². The van der Waals surface area contributed by atoms with E-state index in [1.807, 2.05) is 37.5 Å². The average Bonchev–Trinajstić information content (AvgIpc) is 2.47. The van der Waals surface area contributed by atoms with Gasteiger partial charge >= 0.3 is 0 Å². The van der Waals surface area contributed by atoms with Crippen LogP contribution in [0.5, 0.6) is 0 Å². The summed E-state index contributed by atoms with van der Waals surface area (Å²) in [6.07, 6.45) is 5.29. The fourth-order valence-corrected chi connectivity index (χ4v) is 2.10. The average molecular weight is 250 g/mol. The standard InChI is InChI=1S/C15H14N4/c1-2-17-15-7-14(18-10-19-15)13-9-16-8-11-5-3-4-6-12(11)13/h3-10H,2H2,1H3,(H,17,18,19). The quantitative estimate of drug-likeness (QED) is 0.776. The molecule has 0 amide bonds. The molecule has 0 radical (unpaired) electrons. The van der Waals surface area contributed by atoms with E-state index >= 15 is 0 Å². The zero-order valence-corrected chi connectivity index (χ0v) is 10.7. The number of nitrogens with zero attached hydrogens (tertiary/aromatic N) is 3. The van der Waals surface area contributed by atoms with E-state index in [4.69, 9.17) is 0 Å². The zero-order chi connectivity index (χ0) is 13.1. The molecule has 0 saturated carbocycles. The molecule has 19 heavy (non-hydrogen) atoms. The maximum Gasteiger partial charge on any atom is 0.129 e. The minimum atomic E-state index is 0.834. The second kappa shape index (κ2) is 5.02. The molecule has 3 aromatic rings. The summed E-state index contributed by atoms with van der Waals surface area (Å²) >= 11 is 0. The van der Waals surface area contributed by atoms with Crippen LogP contribution in [0.2, 0.25) is 0 Å². The van der Waals surface area contributed by atoms with Crippen molar-refractivity contribution in [1.82, 2.24) is 15.0 Å². The van der Waals surface area contributed by atoms with Crippen molar-refractivity contribution in [3.8, 4) is 11.3 Å². The highest BCUT2D eigenvalue weighted by Crippen LogP contribution is 2.26. The van der Waals surface area contributed by atoms with Gasteiger partial charge in [0.1, 0.15) is 12.1 Å². The summed E-state index contributed by atoms with van der Waals surface area (Å²) in [6.45, 7) is 2.88. The summed E-state index contributed by atoms with van der Waals surface area (Å²) in [7, 11) is 0. The Hall–Kier alpha value is -2.49. The first-order chi connectivity index (χ1) is 9.38. The van der Waals surface area contributed by atoms with Crippen LogP contribution in [0.3, 0.4) is 0 Å². The molecule has 0 aliphatic rings. The van der Waals surface area contributed by atoms with Gasteiger partial charge < -0.3 is 5.32 Å². The predicted molar refractivity (Wildman–Crippen MR) is 76.9 cm³/mol. The number of hydrogen-bond acceptors (Lipinski definition) is 4. The smallest absolute Gasteiger partial charge is 0.129 e. The lowest BCUT2D eigenvalue weighted by Crippen LogP contribution is -2.00. The van der Waals surface area contributed by atoms with Crippen molar-refractivity contribution < 1.29 is 0 Å². The van der Waals surface area contributed by atoms with Gasteiger partial charge in [-0.3, -0.25) is 4.98 Å². The van der Waals surface area contributed by atoms with Gasteiger partial charge in [0.15, 0.2) is 0 Å². The summed E-state index contributed by atoms with van der Waals surface area (Å²) in [5.41, 5.74) is 1.91. The third kappa shape index (κ3) is 2.25. The minimum Gasteiger partial charge on any atom is -0.370 e. The van der Waals surface area contributed by atoms with E-state index < -0.39 is 0 Å². The van der Waals surface area contributed by atoms with Crippen LogP contribution in [-0.4, -0.2) is 21.5 Å². The fourth-order valence-electron chi connectivity index (χ4n) is 2.10. The van der Waals surface area contributed by atoms with Crippen LogP contribution in [0.4, 0.5) is 5.82 Å². The van der Waals surface area contributed by atoms with Gasteiger partial charge in [-0.15, -0.1) is 0 Å². The van der Waals surface area contributed by atoms with Crippen LogP contribution in [0.1, 0.15) is 6.92 Å². The number of nitrogens with one attached hydrogen (secondary N) is 1. The number of rotatable bonds is 3. The first-order valence-electron chi connectivity index (χ1n) is 6.27. The van der Waals surface area contributed by atoms with Gasteiger partial charge in [-0.25, -0.2) is 9.97 Å². The molecule has 2 heterocycles. The Morgan fingerprint density at radius 2 is 2.00 bits per heavy atom. The number of pyridine rings is 1. The van der Waals surface area contributed by atoms with Crippen LogP contribution in [-0.2, 0) is 0 Å². The van der Waals surface area contributed by atoms with Crippen molar-refractivity contribution in [1.29, 1.82) is 0 Å². The normalized spacial score (nSPS) is 10.6. The number of aromatic nitrogens is 3. The monoisotopic (exact) mass is 250 g/mol. The third-order valence-corrected chi connectivity index (χ3v) is 2.97. The summed E-state index contributed by atoms with van der Waals surface area (Å²) in [6, 6.07) is 10.1. The van der Waals surface area contributed by atoms with Crippen molar-refractivity contribution in [2.45, 2.75) is 6.92 Å².